The maximum atomic E-state index is 12.6. The topological polar surface area (TPSA) is 40.5 Å². The summed E-state index contributed by atoms with van der Waals surface area (Å²) in [6.07, 6.45) is 1.62. The molecule has 1 N–H and O–H groups in total. The van der Waals surface area contributed by atoms with E-state index in [9.17, 15) is 9.90 Å². The number of hydrogen-bond donors (Lipinski definition) is 1. The van der Waals surface area contributed by atoms with Crippen molar-refractivity contribution in [3.05, 3.63) is 33.8 Å². The summed E-state index contributed by atoms with van der Waals surface area (Å²) in [5, 5.41) is 9.70. The molecule has 1 aromatic rings. The number of rotatable bonds is 2. The van der Waals surface area contributed by atoms with Gasteiger partial charge in [0.25, 0.3) is 5.91 Å². The number of benzene rings is 1. The standard InChI is InChI=1S/C15H20BrNO2/c1-10-13(6-3-7-14(10)16)15(19)17-8-4-5-12(9-17)11(2)18/h3,6-7,11-12,18H,4-5,8-9H2,1-2H3. The second kappa shape index (κ2) is 6.06. The van der Waals surface area contributed by atoms with Crippen molar-refractivity contribution in [3.8, 4) is 0 Å². The lowest BCUT2D eigenvalue weighted by Crippen LogP contribution is -2.43. The lowest BCUT2D eigenvalue weighted by atomic mass is 9.93. The van der Waals surface area contributed by atoms with Gasteiger partial charge >= 0.3 is 0 Å². The number of hydrogen-bond acceptors (Lipinski definition) is 2. The fourth-order valence-electron chi connectivity index (χ4n) is 2.60. The fourth-order valence-corrected chi connectivity index (χ4v) is 2.96. The maximum Gasteiger partial charge on any atom is 0.254 e. The number of aliphatic hydroxyl groups excluding tert-OH is 1. The van der Waals surface area contributed by atoms with E-state index in [-0.39, 0.29) is 17.9 Å². The zero-order valence-corrected chi connectivity index (χ0v) is 13.0. The first-order valence-electron chi connectivity index (χ1n) is 6.73. The first kappa shape index (κ1) is 14.5. The van der Waals surface area contributed by atoms with Crippen LogP contribution in [0.25, 0.3) is 0 Å². The first-order valence-corrected chi connectivity index (χ1v) is 7.52. The van der Waals surface area contributed by atoms with Crippen molar-refractivity contribution in [2.75, 3.05) is 13.1 Å². The maximum absolute atomic E-state index is 12.6. The van der Waals surface area contributed by atoms with Crippen LogP contribution < -0.4 is 0 Å². The summed E-state index contributed by atoms with van der Waals surface area (Å²) in [7, 11) is 0. The van der Waals surface area contributed by atoms with Gasteiger partial charge in [-0.05, 0) is 44.4 Å². The average molecular weight is 326 g/mol. The van der Waals surface area contributed by atoms with Crippen LogP contribution >= 0.6 is 15.9 Å². The van der Waals surface area contributed by atoms with Crippen LogP contribution in [0, 0.1) is 12.8 Å². The predicted molar refractivity (Wildman–Crippen MR) is 79.2 cm³/mol. The molecule has 2 rings (SSSR count). The molecular weight excluding hydrogens is 306 g/mol. The summed E-state index contributed by atoms with van der Waals surface area (Å²) in [6.45, 7) is 5.20. The highest BCUT2D eigenvalue weighted by molar-refractivity contribution is 9.10. The van der Waals surface area contributed by atoms with Crippen molar-refractivity contribution in [2.45, 2.75) is 32.8 Å². The summed E-state index contributed by atoms with van der Waals surface area (Å²) in [4.78, 5) is 14.4. The molecule has 1 aliphatic rings. The largest absolute Gasteiger partial charge is 0.393 e. The van der Waals surface area contributed by atoms with Crippen molar-refractivity contribution >= 4 is 21.8 Å². The lowest BCUT2D eigenvalue weighted by molar-refractivity contribution is 0.0465. The summed E-state index contributed by atoms with van der Waals surface area (Å²) in [6, 6.07) is 5.70. The van der Waals surface area contributed by atoms with Crippen LogP contribution in [-0.4, -0.2) is 35.1 Å². The Balaban J connectivity index is 2.17. The quantitative estimate of drug-likeness (QED) is 0.908. The van der Waals surface area contributed by atoms with E-state index in [1.165, 1.54) is 0 Å². The van der Waals surface area contributed by atoms with Crippen LogP contribution in [0.4, 0.5) is 0 Å². The number of amides is 1. The third-order valence-electron chi connectivity index (χ3n) is 3.93. The number of halogens is 1. The Labute approximate surface area is 122 Å². The molecular formula is C15H20BrNO2. The molecule has 1 heterocycles. The molecule has 1 aromatic carbocycles. The summed E-state index contributed by atoms with van der Waals surface area (Å²) in [5.74, 6) is 0.273. The third-order valence-corrected chi connectivity index (χ3v) is 4.78. The minimum Gasteiger partial charge on any atom is -0.393 e. The van der Waals surface area contributed by atoms with Gasteiger partial charge in [0.2, 0.25) is 0 Å². The van der Waals surface area contributed by atoms with Crippen LogP contribution in [0.15, 0.2) is 22.7 Å². The number of piperidine rings is 1. The molecule has 4 heteroatoms. The SMILES string of the molecule is Cc1c(Br)cccc1C(=O)N1CCCC(C(C)O)C1. The number of likely N-dealkylation sites (tertiary alicyclic amines) is 1. The van der Waals surface area contributed by atoms with E-state index in [1.54, 1.807) is 0 Å². The fraction of sp³-hybridized carbons (Fsp3) is 0.533. The Kier molecular flexibility index (Phi) is 4.63. The van der Waals surface area contributed by atoms with Gasteiger partial charge in [-0.3, -0.25) is 4.79 Å². The molecule has 0 aliphatic carbocycles. The van der Waals surface area contributed by atoms with E-state index in [0.29, 0.717) is 6.54 Å². The zero-order valence-electron chi connectivity index (χ0n) is 11.4. The molecule has 19 heavy (non-hydrogen) atoms. The van der Waals surface area contributed by atoms with Gasteiger partial charge in [-0.15, -0.1) is 0 Å². The van der Waals surface area contributed by atoms with Crippen LogP contribution in [0.1, 0.15) is 35.7 Å². The molecule has 0 aromatic heterocycles. The molecule has 0 spiro atoms. The molecule has 2 atom stereocenters. The predicted octanol–water partition coefficient (Wildman–Crippen LogP) is 2.99. The second-order valence-electron chi connectivity index (χ2n) is 5.31. The van der Waals surface area contributed by atoms with Crippen molar-refractivity contribution in [1.29, 1.82) is 0 Å². The smallest absolute Gasteiger partial charge is 0.254 e. The van der Waals surface area contributed by atoms with Gasteiger partial charge in [-0.1, -0.05) is 22.0 Å². The van der Waals surface area contributed by atoms with Crippen LogP contribution in [0.2, 0.25) is 0 Å². The molecule has 0 bridgehead atoms. The normalized spacial score (nSPS) is 21.3. The Hall–Kier alpha value is -0.870. The zero-order chi connectivity index (χ0) is 14.0. The Morgan fingerprint density at radius 1 is 1.53 bits per heavy atom. The minimum absolute atomic E-state index is 0.0733. The van der Waals surface area contributed by atoms with E-state index >= 15 is 0 Å². The molecule has 3 nitrogen and oxygen atoms in total. The Morgan fingerprint density at radius 2 is 2.26 bits per heavy atom. The van der Waals surface area contributed by atoms with Crippen LogP contribution in [-0.2, 0) is 0 Å². The van der Waals surface area contributed by atoms with Crippen LogP contribution in [0.5, 0.6) is 0 Å². The van der Waals surface area contributed by atoms with Gasteiger partial charge in [0.1, 0.15) is 0 Å². The van der Waals surface area contributed by atoms with Crippen molar-refractivity contribution in [1.82, 2.24) is 4.90 Å². The number of aliphatic hydroxyl groups is 1. The second-order valence-corrected chi connectivity index (χ2v) is 6.16. The van der Waals surface area contributed by atoms with E-state index < -0.39 is 0 Å². The minimum atomic E-state index is -0.348. The number of nitrogens with zero attached hydrogens (tertiary/aromatic N) is 1. The van der Waals surface area contributed by atoms with Crippen molar-refractivity contribution in [3.63, 3.8) is 0 Å². The number of carbonyl (C=O) groups excluding carboxylic acids is 1. The lowest BCUT2D eigenvalue weighted by Gasteiger charge is -2.34. The molecule has 104 valence electrons. The Morgan fingerprint density at radius 3 is 2.95 bits per heavy atom. The van der Waals surface area contributed by atoms with E-state index in [0.717, 1.165) is 35.0 Å². The van der Waals surface area contributed by atoms with Gasteiger partial charge in [-0.25, -0.2) is 0 Å². The van der Waals surface area contributed by atoms with Gasteiger partial charge in [0.15, 0.2) is 0 Å². The van der Waals surface area contributed by atoms with Gasteiger partial charge < -0.3 is 10.0 Å². The summed E-state index contributed by atoms with van der Waals surface area (Å²) >= 11 is 3.46. The molecule has 1 amide bonds. The van der Waals surface area contributed by atoms with Gasteiger partial charge in [0, 0.05) is 29.0 Å². The molecule has 0 radical (unpaired) electrons. The highest BCUT2D eigenvalue weighted by atomic mass is 79.9. The summed E-state index contributed by atoms with van der Waals surface area (Å²) in [5.41, 5.74) is 1.73. The summed E-state index contributed by atoms with van der Waals surface area (Å²) < 4.78 is 0.961. The first-order chi connectivity index (χ1) is 9.00. The van der Waals surface area contributed by atoms with Gasteiger partial charge in [-0.2, -0.15) is 0 Å². The number of carbonyl (C=O) groups is 1. The molecule has 0 saturated carbocycles. The Bertz CT molecular complexity index is 473. The van der Waals surface area contributed by atoms with Crippen molar-refractivity contribution in [2.24, 2.45) is 5.92 Å². The highest BCUT2D eigenvalue weighted by Gasteiger charge is 2.27. The average Bonchev–Trinajstić information content (AvgIpc) is 2.41. The molecule has 1 aliphatic heterocycles. The molecule has 1 fully saturated rings. The monoisotopic (exact) mass is 325 g/mol. The van der Waals surface area contributed by atoms with E-state index in [2.05, 4.69) is 15.9 Å². The third kappa shape index (κ3) is 3.18. The molecule has 2 unspecified atom stereocenters. The van der Waals surface area contributed by atoms with Crippen molar-refractivity contribution < 1.29 is 9.90 Å². The van der Waals surface area contributed by atoms with Crippen LogP contribution in [0.3, 0.4) is 0 Å². The van der Waals surface area contributed by atoms with Gasteiger partial charge in [0.05, 0.1) is 6.10 Å². The van der Waals surface area contributed by atoms with E-state index in [1.807, 2.05) is 36.9 Å². The van der Waals surface area contributed by atoms with E-state index in [4.69, 9.17) is 0 Å². The molecule has 1 saturated heterocycles. The highest BCUT2D eigenvalue weighted by Crippen LogP contribution is 2.24.